The molecule has 62 valence electrons. The van der Waals surface area contributed by atoms with Gasteiger partial charge in [-0.1, -0.05) is 12.1 Å². The molecule has 1 heteroatoms. The first kappa shape index (κ1) is 7.41. The van der Waals surface area contributed by atoms with Crippen LogP contribution in [-0.4, -0.2) is 4.98 Å². The number of benzene rings is 1. The van der Waals surface area contributed by atoms with Crippen LogP contribution < -0.4 is 0 Å². The molecule has 2 rings (SSSR count). The Morgan fingerprint density at radius 2 is 1.75 bits per heavy atom. The Morgan fingerprint density at radius 3 is 2.50 bits per heavy atom. The van der Waals surface area contributed by atoms with Crippen molar-refractivity contribution in [2.24, 2.45) is 0 Å². The molecule has 0 radical (unpaired) electrons. The lowest BCUT2D eigenvalue weighted by atomic mass is 10.1. The summed E-state index contributed by atoms with van der Waals surface area (Å²) < 4.78 is 0. The van der Waals surface area contributed by atoms with Gasteiger partial charge in [-0.15, -0.1) is 0 Å². The topological polar surface area (TPSA) is 15.8 Å². The molecular weight excluding hydrogens is 146 g/mol. The molecule has 0 amide bonds. The maximum atomic E-state index is 3.30. The number of aromatic nitrogens is 1. The van der Waals surface area contributed by atoms with E-state index in [1.54, 1.807) is 0 Å². The van der Waals surface area contributed by atoms with Crippen molar-refractivity contribution >= 4 is 10.9 Å². The molecule has 1 aromatic heterocycles. The molecule has 0 fully saturated rings. The van der Waals surface area contributed by atoms with E-state index >= 15 is 0 Å². The van der Waals surface area contributed by atoms with Gasteiger partial charge in [-0.3, -0.25) is 0 Å². The van der Waals surface area contributed by atoms with E-state index in [-0.39, 0.29) is 0 Å². The molecule has 0 bridgehead atoms. The summed E-state index contributed by atoms with van der Waals surface area (Å²) in [5, 5.41) is 1.35. The molecule has 12 heavy (non-hydrogen) atoms. The molecule has 1 nitrogen and oxygen atoms in total. The molecule has 0 saturated carbocycles. The molecule has 0 atom stereocenters. The number of hydrogen-bond donors (Lipinski definition) is 1. The fraction of sp³-hybridized carbons (Fsp3) is 0.273. The van der Waals surface area contributed by atoms with Crippen LogP contribution in [0.2, 0.25) is 0 Å². The highest BCUT2D eigenvalue weighted by Gasteiger charge is 2.02. The standard InChI is InChI=1S/C11H13N/c1-7-4-5-10-8(2)6-12-11(10)9(7)3/h4-6,12H,1-3H3. The van der Waals surface area contributed by atoms with Crippen LogP contribution in [0.1, 0.15) is 16.7 Å². The van der Waals surface area contributed by atoms with E-state index in [1.165, 1.54) is 27.6 Å². The third kappa shape index (κ3) is 0.860. The van der Waals surface area contributed by atoms with Gasteiger partial charge in [-0.2, -0.15) is 0 Å². The van der Waals surface area contributed by atoms with Gasteiger partial charge in [0.25, 0.3) is 0 Å². The normalized spacial score (nSPS) is 10.9. The van der Waals surface area contributed by atoms with Crippen molar-refractivity contribution in [1.82, 2.24) is 4.98 Å². The molecule has 0 aliphatic heterocycles. The van der Waals surface area contributed by atoms with Crippen LogP contribution >= 0.6 is 0 Å². The largest absolute Gasteiger partial charge is 0.361 e. The van der Waals surface area contributed by atoms with Gasteiger partial charge in [0.2, 0.25) is 0 Å². The average Bonchev–Trinajstić information content (AvgIpc) is 2.41. The van der Waals surface area contributed by atoms with Crippen LogP contribution in [0.3, 0.4) is 0 Å². The Morgan fingerprint density at radius 1 is 1.00 bits per heavy atom. The van der Waals surface area contributed by atoms with Crippen molar-refractivity contribution in [3.63, 3.8) is 0 Å². The van der Waals surface area contributed by atoms with E-state index in [4.69, 9.17) is 0 Å². The lowest BCUT2D eigenvalue weighted by Gasteiger charge is -2.00. The highest BCUT2D eigenvalue weighted by molar-refractivity contribution is 5.86. The molecule has 0 spiro atoms. The molecule has 1 heterocycles. The van der Waals surface area contributed by atoms with E-state index in [1.807, 2.05) is 0 Å². The number of H-pyrrole nitrogens is 1. The Bertz CT molecular complexity index is 424. The predicted molar refractivity (Wildman–Crippen MR) is 52.5 cm³/mol. The number of aryl methyl sites for hydroxylation is 3. The summed E-state index contributed by atoms with van der Waals surface area (Å²) in [7, 11) is 0. The molecule has 0 unspecified atom stereocenters. The van der Waals surface area contributed by atoms with Gasteiger partial charge >= 0.3 is 0 Å². The van der Waals surface area contributed by atoms with Gasteiger partial charge in [0.15, 0.2) is 0 Å². The van der Waals surface area contributed by atoms with Crippen molar-refractivity contribution in [1.29, 1.82) is 0 Å². The van der Waals surface area contributed by atoms with E-state index in [0.29, 0.717) is 0 Å². The summed E-state index contributed by atoms with van der Waals surface area (Å²) in [5.74, 6) is 0. The van der Waals surface area contributed by atoms with Crippen LogP contribution in [0.5, 0.6) is 0 Å². The Hall–Kier alpha value is -1.24. The van der Waals surface area contributed by atoms with Crippen molar-refractivity contribution in [2.45, 2.75) is 20.8 Å². The number of hydrogen-bond acceptors (Lipinski definition) is 0. The minimum atomic E-state index is 1.28. The van der Waals surface area contributed by atoms with Gasteiger partial charge in [0.05, 0.1) is 0 Å². The summed E-state index contributed by atoms with van der Waals surface area (Å²) in [5.41, 5.74) is 5.32. The second-order valence-corrected chi connectivity index (χ2v) is 3.40. The van der Waals surface area contributed by atoms with Gasteiger partial charge in [0, 0.05) is 17.1 Å². The number of fused-ring (bicyclic) bond motifs is 1. The summed E-state index contributed by atoms with van der Waals surface area (Å²) >= 11 is 0. The maximum absolute atomic E-state index is 3.30. The van der Waals surface area contributed by atoms with Gasteiger partial charge in [0.1, 0.15) is 0 Å². The molecule has 2 aromatic rings. The van der Waals surface area contributed by atoms with Crippen LogP contribution in [0, 0.1) is 20.8 Å². The summed E-state index contributed by atoms with van der Waals surface area (Å²) in [6, 6.07) is 4.36. The second-order valence-electron chi connectivity index (χ2n) is 3.40. The highest BCUT2D eigenvalue weighted by atomic mass is 14.7. The highest BCUT2D eigenvalue weighted by Crippen LogP contribution is 2.22. The summed E-state index contributed by atoms with van der Waals surface area (Å²) in [6.07, 6.45) is 2.07. The van der Waals surface area contributed by atoms with E-state index in [9.17, 15) is 0 Å². The molecule has 0 saturated heterocycles. The maximum Gasteiger partial charge on any atom is 0.0489 e. The Labute approximate surface area is 72.4 Å². The lowest BCUT2D eigenvalue weighted by molar-refractivity contribution is 1.34. The zero-order chi connectivity index (χ0) is 8.72. The quantitative estimate of drug-likeness (QED) is 0.608. The smallest absolute Gasteiger partial charge is 0.0489 e. The minimum Gasteiger partial charge on any atom is -0.361 e. The van der Waals surface area contributed by atoms with Crippen molar-refractivity contribution in [3.8, 4) is 0 Å². The third-order valence-corrected chi connectivity index (χ3v) is 2.59. The first-order chi connectivity index (χ1) is 5.70. The Balaban J connectivity index is 2.93. The van der Waals surface area contributed by atoms with Crippen LogP contribution in [0.15, 0.2) is 18.3 Å². The predicted octanol–water partition coefficient (Wildman–Crippen LogP) is 3.09. The van der Waals surface area contributed by atoms with Crippen LogP contribution in [0.4, 0.5) is 0 Å². The van der Waals surface area contributed by atoms with Crippen LogP contribution in [0.25, 0.3) is 10.9 Å². The van der Waals surface area contributed by atoms with Crippen molar-refractivity contribution in [3.05, 3.63) is 35.0 Å². The first-order valence-electron chi connectivity index (χ1n) is 4.24. The Kier molecular flexibility index (Phi) is 1.47. The van der Waals surface area contributed by atoms with Crippen LogP contribution in [-0.2, 0) is 0 Å². The number of aromatic amines is 1. The zero-order valence-corrected chi connectivity index (χ0v) is 7.73. The summed E-state index contributed by atoms with van der Waals surface area (Å²) in [6.45, 7) is 6.44. The number of nitrogens with one attached hydrogen (secondary N) is 1. The molecule has 0 aliphatic carbocycles. The monoisotopic (exact) mass is 159 g/mol. The van der Waals surface area contributed by atoms with Gasteiger partial charge in [-0.05, 0) is 37.5 Å². The van der Waals surface area contributed by atoms with E-state index in [0.717, 1.165) is 0 Å². The molecule has 1 aromatic carbocycles. The van der Waals surface area contributed by atoms with Crippen molar-refractivity contribution < 1.29 is 0 Å². The fourth-order valence-corrected chi connectivity index (χ4v) is 1.59. The molecule has 0 aliphatic rings. The summed E-state index contributed by atoms with van der Waals surface area (Å²) in [4.78, 5) is 3.30. The van der Waals surface area contributed by atoms with Crippen molar-refractivity contribution in [2.75, 3.05) is 0 Å². The van der Waals surface area contributed by atoms with Gasteiger partial charge < -0.3 is 4.98 Å². The zero-order valence-electron chi connectivity index (χ0n) is 7.73. The van der Waals surface area contributed by atoms with E-state index in [2.05, 4.69) is 44.1 Å². The third-order valence-electron chi connectivity index (χ3n) is 2.59. The minimum absolute atomic E-state index is 1.28. The molecular formula is C11H13N. The SMILES string of the molecule is Cc1ccc2c(C)c[nH]c2c1C. The average molecular weight is 159 g/mol. The molecule has 1 N–H and O–H groups in total. The van der Waals surface area contributed by atoms with E-state index < -0.39 is 0 Å². The van der Waals surface area contributed by atoms with Gasteiger partial charge in [-0.25, -0.2) is 0 Å². The first-order valence-corrected chi connectivity index (χ1v) is 4.24. The fourth-order valence-electron chi connectivity index (χ4n) is 1.59. The lowest BCUT2D eigenvalue weighted by Crippen LogP contribution is -1.81. The second kappa shape index (κ2) is 2.37. The number of rotatable bonds is 0.